The molecular weight excluding hydrogens is 374 g/mol. The molecule has 0 fully saturated rings. The van der Waals surface area contributed by atoms with Crippen LogP contribution in [0.1, 0.15) is 33.1 Å². The summed E-state index contributed by atoms with van der Waals surface area (Å²) in [5.41, 5.74) is 2.76. The van der Waals surface area contributed by atoms with Gasteiger partial charge in [0.15, 0.2) is 0 Å². The largest absolute Gasteiger partial charge is 0.324 e. The van der Waals surface area contributed by atoms with Crippen LogP contribution in [0, 0.1) is 18.6 Å². The highest BCUT2D eigenvalue weighted by atomic mass is 19.1. The van der Waals surface area contributed by atoms with E-state index in [0.29, 0.717) is 22.4 Å². The molecule has 29 heavy (non-hydrogen) atoms. The Labute approximate surface area is 166 Å². The van der Waals surface area contributed by atoms with Crippen LogP contribution in [0.4, 0.5) is 14.5 Å². The van der Waals surface area contributed by atoms with Crippen molar-refractivity contribution in [2.75, 3.05) is 11.9 Å². The molecule has 1 heterocycles. The summed E-state index contributed by atoms with van der Waals surface area (Å²) < 4.78 is 27.6. The van der Waals surface area contributed by atoms with Gasteiger partial charge >= 0.3 is 0 Å². The molecule has 0 radical (unpaired) electrons. The fourth-order valence-corrected chi connectivity index (χ4v) is 3.61. The van der Waals surface area contributed by atoms with Gasteiger partial charge in [-0.05, 0) is 55.0 Å². The van der Waals surface area contributed by atoms with Gasteiger partial charge in [0.25, 0.3) is 5.91 Å². The summed E-state index contributed by atoms with van der Waals surface area (Å²) in [5.74, 6) is -1.67. The summed E-state index contributed by atoms with van der Waals surface area (Å²) >= 11 is 0. The van der Waals surface area contributed by atoms with E-state index in [1.807, 2.05) is 13.0 Å². The van der Waals surface area contributed by atoms with Gasteiger partial charge in [-0.2, -0.15) is 0 Å². The third-order valence-electron chi connectivity index (χ3n) is 4.92. The van der Waals surface area contributed by atoms with Gasteiger partial charge in [-0.15, -0.1) is 0 Å². The van der Waals surface area contributed by atoms with Crippen molar-refractivity contribution in [3.63, 3.8) is 0 Å². The predicted molar refractivity (Wildman–Crippen MR) is 105 cm³/mol. The van der Waals surface area contributed by atoms with Crippen molar-refractivity contribution in [1.29, 1.82) is 0 Å². The Morgan fingerprint density at radius 2 is 1.72 bits per heavy atom. The summed E-state index contributed by atoms with van der Waals surface area (Å²) in [5, 5.41) is 2.73. The van der Waals surface area contributed by atoms with Gasteiger partial charge in [0.05, 0.1) is 6.04 Å². The van der Waals surface area contributed by atoms with Crippen molar-refractivity contribution in [2.24, 2.45) is 0 Å². The van der Waals surface area contributed by atoms with Crippen molar-refractivity contribution in [1.82, 2.24) is 4.90 Å². The number of rotatable bonds is 2. The van der Waals surface area contributed by atoms with Crippen molar-refractivity contribution >= 4 is 17.5 Å². The van der Waals surface area contributed by atoms with E-state index in [1.54, 1.807) is 30.3 Å². The minimum Gasteiger partial charge on any atom is -0.324 e. The Kier molecular flexibility index (Phi) is 4.84. The molecule has 2 amide bonds. The maximum atomic E-state index is 14.1. The molecular formula is C23H18F2N2O2. The Balaban J connectivity index is 1.90. The summed E-state index contributed by atoms with van der Waals surface area (Å²) in [6, 6.07) is 16.0. The van der Waals surface area contributed by atoms with E-state index in [-0.39, 0.29) is 18.4 Å². The van der Waals surface area contributed by atoms with Crippen LogP contribution in [0.3, 0.4) is 0 Å². The van der Waals surface area contributed by atoms with E-state index in [9.17, 15) is 18.4 Å². The second kappa shape index (κ2) is 7.47. The van der Waals surface area contributed by atoms with Gasteiger partial charge in [0.2, 0.25) is 5.91 Å². The van der Waals surface area contributed by atoms with Gasteiger partial charge in [-0.25, -0.2) is 8.78 Å². The van der Waals surface area contributed by atoms with Crippen molar-refractivity contribution in [3.8, 4) is 0 Å². The standard InChI is InChI=1S/C23H18F2N2O2/c1-14-3-2-4-16(11-14)23(29)27-13-21(28)26-20-10-9-18(25)12-19(20)22(27)15-5-7-17(24)8-6-15/h2-12,22H,13H2,1H3,(H,26,28)/t22-/m1/s1. The zero-order valence-corrected chi connectivity index (χ0v) is 15.7. The smallest absolute Gasteiger partial charge is 0.255 e. The van der Waals surface area contributed by atoms with Gasteiger partial charge in [-0.1, -0.05) is 29.8 Å². The normalized spacial score (nSPS) is 16.0. The fourth-order valence-electron chi connectivity index (χ4n) is 3.61. The molecule has 1 aliphatic rings. The Hall–Kier alpha value is -3.54. The number of nitrogens with one attached hydrogen (secondary N) is 1. The number of carbonyl (C=O) groups excluding carboxylic acids is 2. The molecule has 1 aliphatic heterocycles. The first-order valence-electron chi connectivity index (χ1n) is 9.15. The zero-order valence-electron chi connectivity index (χ0n) is 15.7. The number of nitrogens with zero attached hydrogens (tertiary/aromatic N) is 1. The minimum absolute atomic E-state index is 0.217. The van der Waals surface area contributed by atoms with Crippen LogP contribution in [-0.4, -0.2) is 23.3 Å². The minimum atomic E-state index is -0.756. The molecule has 146 valence electrons. The molecule has 0 unspecified atom stereocenters. The number of aryl methyl sites for hydroxylation is 1. The van der Waals surface area contributed by atoms with Gasteiger partial charge in [0, 0.05) is 16.8 Å². The molecule has 3 aromatic carbocycles. The number of benzene rings is 3. The lowest BCUT2D eigenvalue weighted by atomic mass is 9.95. The molecule has 0 aromatic heterocycles. The van der Waals surface area contributed by atoms with E-state index < -0.39 is 17.7 Å². The molecule has 1 atom stereocenters. The molecule has 4 rings (SSSR count). The molecule has 0 saturated carbocycles. The lowest BCUT2D eigenvalue weighted by Gasteiger charge is -2.30. The first kappa shape index (κ1) is 18.8. The average molecular weight is 392 g/mol. The maximum absolute atomic E-state index is 14.1. The third kappa shape index (κ3) is 3.74. The van der Waals surface area contributed by atoms with Gasteiger partial charge in [-0.3, -0.25) is 9.59 Å². The highest BCUT2D eigenvalue weighted by Crippen LogP contribution is 2.37. The third-order valence-corrected chi connectivity index (χ3v) is 4.92. The molecule has 0 aliphatic carbocycles. The quantitative estimate of drug-likeness (QED) is 0.700. The van der Waals surface area contributed by atoms with E-state index in [0.717, 1.165) is 5.56 Å². The highest BCUT2D eigenvalue weighted by molar-refractivity contribution is 6.01. The lowest BCUT2D eigenvalue weighted by molar-refractivity contribution is -0.117. The summed E-state index contributed by atoms with van der Waals surface area (Å²) in [6.07, 6.45) is 0. The second-order valence-electron chi connectivity index (χ2n) is 7.04. The number of halogens is 2. The molecule has 4 nitrogen and oxygen atoms in total. The molecule has 1 N–H and O–H groups in total. The summed E-state index contributed by atoms with van der Waals surface area (Å²) in [7, 11) is 0. The summed E-state index contributed by atoms with van der Waals surface area (Å²) in [4.78, 5) is 27.3. The van der Waals surface area contributed by atoms with Crippen LogP contribution >= 0.6 is 0 Å². The average Bonchev–Trinajstić information content (AvgIpc) is 2.84. The topological polar surface area (TPSA) is 49.4 Å². The molecule has 3 aromatic rings. The zero-order chi connectivity index (χ0) is 20.5. The van der Waals surface area contributed by atoms with E-state index >= 15 is 0 Å². The van der Waals surface area contributed by atoms with Crippen LogP contribution in [-0.2, 0) is 4.79 Å². The number of anilines is 1. The van der Waals surface area contributed by atoms with Crippen LogP contribution in [0.5, 0.6) is 0 Å². The first-order chi connectivity index (χ1) is 13.9. The predicted octanol–water partition coefficient (Wildman–Crippen LogP) is 4.46. The lowest BCUT2D eigenvalue weighted by Crippen LogP contribution is -2.39. The van der Waals surface area contributed by atoms with Crippen molar-refractivity contribution < 1.29 is 18.4 Å². The number of carbonyl (C=O) groups is 2. The van der Waals surface area contributed by atoms with Crippen molar-refractivity contribution in [2.45, 2.75) is 13.0 Å². The SMILES string of the molecule is Cc1cccc(C(=O)N2CC(=O)Nc3ccc(F)cc3[C@H]2c2ccc(F)cc2)c1. The molecule has 6 heteroatoms. The van der Waals surface area contributed by atoms with Gasteiger partial charge in [0.1, 0.15) is 18.2 Å². The van der Waals surface area contributed by atoms with Crippen molar-refractivity contribution in [3.05, 3.63) is 101 Å². The molecule has 0 bridgehead atoms. The number of amides is 2. The Bertz CT molecular complexity index is 1100. The van der Waals surface area contributed by atoms with E-state index in [1.165, 1.54) is 35.2 Å². The van der Waals surface area contributed by atoms with Crippen LogP contribution in [0.15, 0.2) is 66.7 Å². The highest BCUT2D eigenvalue weighted by Gasteiger charge is 2.34. The molecule has 0 saturated heterocycles. The summed E-state index contributed by atoms with van der Waals surface area (Å²) in [6.45, 7) is 1.65. The van der Waals surface area contributed by atoms with Gasteiger partial charge < -0.3 is 10.2 Å². The molecule has 0 spiro atoms. The Morgan fingerprint density at radius 3 is 2.45 bits per heavy atom. The number of hydrogen-bond acceptors (Lipinski definition) is 2. The van der Waals surface area contributed by atoms with Crippen LogP contribution < -0.4 is 5.32 Å². The fraction of sp³-hybridized carbons (Fsp3) is 0.130. The second-order valence-corrected chi connectivity index (χ2v) is 7.04. The van der Waals surface area contributed by atoms with E-state index in [2.05, 4.69) is 5.32 Å². The van der Waals surface area contributed by atoms with Crippen LogP contribution in [0.25, 0.3) is 0 Å². The number of hydrogen-bond donors (Lipinski definition) is 1. The monoisotopic (exact) mass is 392 g/mol. The number of fused-ring (bicyclic) bond motifs is 1. The van der Waals surface area contributed by atoms with E-state index in [4.69, 9.17) is 0 Å². The first-order valence-corrected chi connectivity index (χ1v) is 9.15. The Morgan fingerprint density at radius 1 is 1.00 bits per heavy atom. The van der Waals surface area contributed by atoms with Crippen LogP contribution in [0.2, 0.25) is 0 Å². The maximum Gasteiger partial charge on any atom is 0.255 e.